The standard InChI is InChI=1S/C32H46N6O7/c1-6-19-10-12-20(13-11-19)28(41)34-21-14-24-30(43)33-17(4)27(40)35-23-9-7-8-22(23)29(42)36-25(16(2)3)31(44)37-26(18(5)39)32(45)38(24)15-21/h10-13,16-18,21-26,39H,6-9,14-15H2,1-5H3,(H,33,43)(H,34,41)(H,35,40)(H,36,42)(H,37,44)/t17-,18+,21-,22-,23-,24-,25+,26+/m0/s1. The molecule has 0 spiro atoms. The van der Waals surface area contributed by atoms with Crippen LogP contribution in [0.1, 0.15) is 76.2 Å². The van der Waals surface area contributed by atoms with Crippen molar-refractivity contribution in [2.24, 2.45) is 11.8 Å². The third-order valence-corrected chi connectivity index (χ3v) is 9.07. The Bertz CT molecular complexity index is 1300. The maximum absolute atomic E-state index is 14.0. The summed E-state index contributed by atoms with van der Waals surface area (Å²) in [5.74, 6) is -4.16. The number of fused-ring (bicyclic) bond motifs is 2. The van der Waals surface area contributed by atoms with Crippen molar-refractivity contribution in [3.8, 4) is 0 Å². The Hall–Kier alpha value is -4.00. The van der Waals surface area contributed by atoms with Gasteiger partial charge in [-0.05, 0) is 63.1 Å². The monoisotopic (exact) mass is 626 g/mol. The van der Waals surface area contributed by atoms with Crippen LogP contribution < -0.4 is 26.6 Å². The molecule has 0 aromatic heterocycles. The minimum Gasteiger partial charge on any atom is -0.391 e. The van der Waals surface area contributed by atoms with E-state index in [1.54, 1.807) is 26.0 Å². The molecule has 1 aromatic rings. The third-order valence-electron chi connectivity index (χ3n) is 9.07. The number of benzene rings is 1. The number of amides is 6. The predicted molar refractivity (Wildman–Crippen MR) is 164 cm³/mol. The Labute approximate surface area is 263 Å². The SMILES string of the molecule is CCc1ccc(C(=O)N[C@H]2C[C@H]3C(=O)N[C@@H](C)C(=O)N[C@H]4CCC[C@@H]4C(=O)N[C@H](C(C)C)C(=O)N[C@H]([C@@H](C)O)C(=O)N3C2)cc1. The Morgan fingerprint density at radius 1 is 0.911 bits per heavy atom. The summed E-state index contributed by atoms with van der Waals surface area (Å²) < 4.78 is 0. The number of nitrogens with zero attached hydrogens (tertiary/aromatic N) is 1. The second-order valence-electron chi connectivity index (χ2n) is 12.8. The first-order valence-electron chi connectivity index (χ1n) is 15.9. The summed E-state index contributed by atoms with van der Waals surface area (Å²) in [6, 6.07) is 1.52. The maximum Gasteiger partial charge on any atom is 0.251 e. The fraction of sp³-hybridized carbons (Fsp3) is 0.625. The van der Waals surface area contributed by atoms with Gasteiger partial charge < -0.3 is 36.6 Å². The number of nitrogens with one attached hydrogen (secondary N) is 5. The molecule has 45 heavy (non-hydrogen) atoms. The zero-order valence-electron chi connectivity index (χ0n) is 26.6. The second-order valence-corrected chi connectivity index (χ2v) is 12.8. The van der Waals surface area contributed by atoms with Gasteiger partial charge in [0.15, 0.2) is 0 Å². The summed E-state index contributed by atoms with van der Waals surface area (Å²) in [4.78, 5) is 81.8. The van der Waals surface area contributed by atoms with Gasteiger partial charge in [-0.1, -0.05) is 39.3 Å². The molecular formula is C32H46N6O7. The van der Waals surface area contributed by atoms with E-state index in [4.69, 9.17) is 0 Å². The highest BCUT2D eigenvalue weighted by Gasteiger charge is 2.45. The molecule has 0 unspecified atom stereocenters. The smallest absolute Gasteiger partial charge is 0.251 e. The van der Waals surface area contributed by atoms with Crippen molar-refractivity contribution >= 4 is 35.4 Å². The highest BCUT2D eigenvalue weighted by Crippen LogP contribution is 2.27. The van der Waals surface area contributed by atoms with Gasteiger partial charge in [0.25, 0.3) is 5.91 Å². The summed E-state index contributed by atoms with van der Waals surface area (Å²) in [6.07, 6.45) is 1.32. The summed E-state index contributed by atoms with van der Waals surface area (Å²) in [5.41, 5.74) is 1.50. The van der Waals surface area contributed by atoms with Crippen LogP contribution in [-0.2, 0) is 30.4 Å². The number of aryl methyl sites for hydroxylation is 1. The van der Waals surface area contributed by atoms with E-state index in [0.29, 0.717) is 24.8 Å². The lowest BCUT2D eigenvalue weighted by atomic mass is 9.98. The molecule has 3 fully saturated rings. The van der Waals surface area contributed by atoms with E-state index < -0.39 is 77.8 Å². The van der Waals surface area contributed by atoms with Gasteiger partial charge in [0.2, 0.25) is 29.5 Å². The molecule has 4 rings (SSSR count). The summed E-state index contributed by atoms with van der Waals surface area (Å²) in [7, 11) is 0. The summed E-state index contributed by atoms with van der Waals surface area (Å²) in [6.45, 7) is 8.32. The average Bonchev–Trinajstić information content (AvgIpc) is 3.64. The molecule has 6 N–H and O–H groups in total. The van der Waals surface area contributed by atoms with Crippen molar-refractivity contribution in [1.29, 1.82) is 0 Å². The molecule has 2 saturated heterocycles. The number of rotatable bonds is 5. The average molecular weight is 627 g/mol. The molecule has 0 bridgehead atoms. The minimum atomic E-state index is -1.44. The minimum absolute atomic E-state index is 0.0561. The molecule has 0 radical (unpaired) electrons. The van der Waals surface area contributed by atoms with Crippen LogP contribution in [0.2, 0.25) is 0 Å². The van der Waals surface area contributed by atoms with Crippen LogP contribution in [0, 0.1) is 11.8 Å². The van der Waals surface area contributed by atoms with Crippen LogP contribution >= 0.6 is 0 Å². The fourth-order valence-corrected chi connectivity index (χ4v) is 6.33. The first-order valence-corrected chi connectivity index (χ1v) is 15.9. The Morgan fingerprint density at radius 2 is 1.58 bits per heavy atom. The third kappa shape index (κ3) is 7.81. The Morgan fingerprint density at radius 3 is 2.20 bits per heavy atom. The van der Waals surface area contributed by atoms with Gasteiger partial charge in [-0.25, -0.2) is 0 Å². The van der Waals surface area contributed by atoms with Crippen LogP contribution in [0.5, 0.6) is 0 Å². The van der Waals surface area contributed by atoms with Gasteiger partial charge in [0, 0.05) is 24.2 Å². The lowest BCUT2D eigenvalue weighted by Crippen LogP contribution is -2.62. The van der Waals surface area contributed by atoms with Crippen molar-refractivity contribution in [3.63, 3.8) is 0 Å². The first kappa shape index (κ1) is 33.9. The van der Waals surface area contributed by atoms with Crippen molar-refractivity contribution < 1.29 is 33.9 Å². The van der Waals surface area contributed by atoms with Gasteiger partial charge in [-0.3, -0.25) is 28.8 Å². The van der Waals surface area contributed by atoms with Gasteiger partial charge in [-0.2, -0.15) is 0 Å². The van der Waals surface area contributed by atoms with Crippen LogP contribution in [0.4, 0.5) is 0 Å². The van der Waals surface area contributed by atoms with Crippen LogP contribution in [0.25, 0.3) is 0 Å². The molecule has 1 aromatic carbocycles. The van der Waals surface area contributed by atoms with Crippen LogP contribution in [0.3, 0.4) is 0 Å². The number of carbonyl (C=O) groups is 6. The van der Waals surface area contributed by atoms with Gasteiger partial charge >= 0.3 is 0 Å². The normalized spacial score (nSPS) is 30.5. The van der Waals surface area contributed by atoms with E-state index in [9.17, 15) is 33.9 Å². The molecule has 2 aliphatic heterocycles. The summed E-state index contributed by atoms with van der Waals surface area (Å²) in [5, 5.41) is 24.5. The predicted octanol–water partition coefficient (Wildman–Crippen LogP) is -0.242. The molecule has 246 valence electrons. The van der Waals surface area contributed by atoms with Crippen LogP contribution in [0.15, 0.2) is 24.3 Å². The topological polar surface area (TPSA) is 186 Å². The molecule has 6 amide bonds. The number of hydrogen-bond donors (Lipinski definition) is 6. The summed E-state index contributed by atoms with van der Waals surface area (Å²) >= 11 is 0. The number of aliphatic hydroxyl groups excluding tert-OH is 1. The molecular weight excluding hydrogens is 580 g/mol. The highest BCUT2D eigenvalue weighted by atomic mass is 16.3. The van der Waals surface area contributed by atoms with E-state index >= 15 is 0 Å². The second kappa shape index (κ2) is 14.4. The zero-order valence-corrected chi connectivity index (χ0v) is 26.6. The van der Waals surface area contributed by atoms with E-state index in [-0.39, 0.29) is 24.8 Å². The lowest BCUT2D eigenvalue weighted by Gasteiger charge is -2.33. The first-order chi connectivity index (χ1) is 21.3. The van der Waals surface area contributed by atoms with E-state index in [0.717, 1.165) is 12.0 Å². The van der Waals surface area contributed by atoms with Crippen molar-refractivity contribution in [2.75, 3.05) is 6.54 Å². The van der Waals surface area contributed by atoms with Crippen molar-refractivity contribution in [3.05, 3.63) is 35.4 Å². The quantitative estimate of drug-likeness (QED) is 0.260. The molecule has 2 heterocycles. The molecule has 13 heteroatoms. The Balaban J connectivity index is 1.64. The lowest BCUT2D eigenvalue weighted by molar-refractivity contribution is -0.145. The highest BCUT2D eigenvalue weighted by molar-refractivity contribution is 5.98. The maximum atomic E-state index is 14.0. The van der Waals surface area contributed by atoms with Gasteiger partial charge in [-0.15, -0.1) is 0 Å². The largest absolute Gasteiger partial charge is 0.391 e. The van der Waals surface area contributed by atoms with E-state index in [1.165, 1.54) is 18.7 Å². The number of aliphatic hydroxyl groups is 1. The van der Waals surface area contributed by atoms with Gasteiger partial charge in [0.05, 0.1) is 12.0 Å². The number of hydrogen-bond acceptors (Lipinski definition) is 7. The van der Waals surface area contributed by atoms with E-state index in [1.807, 2.05) is 19.1 Å². The zero-order chi connectivity index (χ0) is 33.0. The number of carbonyl (C=O) groups excluding carboxylic acids is 6. The molecule has 3 aliphatic rings. The van der Waals surface area contributed by atoms with Crippen LogP contribution in [-0.4, -0.2) is 94.3 Å². The van der Waals surface area contributed by atoms with Crippen molar-refractivity contribution in [1.82, 2.24) is 31.5 Å². The molecule has 8 atom stereocenters. The molecule has 1 saturated carbocycles. The molecule has 13 nitrogen and oxygen atoms in total. The fourth-order valence-electron chi connectivity index (χ4n) is 6.33. The van der Waals surface area contributed by atoms with Crippen molar-refractivity contribution in [2.45, 2.75) is 109 Å². The van der Waals surface area contributed by atoms with Gasteiger partial charge in [0.1, 0.15) is 24.2 Å². The molecule has 1 aliphatic carbocycles. The van der Waals surface area contributed by atoms with E-state index in [2.05, 4.69) is 26.6 Å². The Kier molecular flexibility index (Phi) is 10.8.